The Bertz CT molecular complexity index is 430. The summed E-state index contributed by atoms with van der Waals surface area (Å²) in [4.78, 5) is 12.5. The second-order valence-electron chi connectivity index (χ2n) is 4.74. The summed E-state index contributed by atoms with van der Waals surface area (Å²) in [5, 5.41) is 6.91. The van der Waals surface area contributed by atoms with Crippen LogP contribution in [0.15, 0.2) is 0 Å². The first kappa shape index (κ1) is 15.6. The van der Waals surface area contributed by atoms with Gasteiger partial charge in [0, 0.05) is 13.1 Å². The van der Waals surface area contributed by atoms with Crippen LogP contribution in [-0.4, -0.2) is 26.1 Å². The van der Waals surface area contributed by atoms with Crippen molar-refractivity contribution in [1.82, 2.24) is 5.32 Å². The van der Waals surface area contributed by atoms with Crippen molar-refractivity contribution in [3.8, 4) is 5.75 Å². The van der Waals surface area contributed by atoms with Crippen LogP contribution in [0, 0.1) is 5.92 Å². The number of hydrogen-bond acceptors (Lipinski definition) is 5. The van der Waals surface area contributed by atoms with Gasteiger partial charge in [0.15, 0.2) is 5.75 Å². The summed E-state index contributed by atoms with van der Waals surface area (Å²) < 4.78 is 5.29. The molecule has 4 N–H and O–H groups in total. The molecule has 6 heteroatoms. The van der Waals surface area contributed by atoms with Crippen molar-refractivity contribution in [2.24, 2.45) is 5.92 Å². The number of amides is 1. The smallest absolute Gasteiger partial charge is 0.263 e. The summed E-state index contributed by atoms with van der Waals surface area (Å²) in [5.41, 5.74) is 6.39. The molecule has 1 rings (SSSR count). The minimum absolute atomic E-state index is 0.139. The molecule has 0 fully saturated rings. The number of methoxy groups -OCH3 is 1. The summed E-state index contributed by atoms with van der Waals surface area (Å²) >= 11 is 1.34. The summed E-state index contributed by atoms with van der Waals surface area (Å²) in [6.07, 6.45) is 0.895. The quantitative estimate of drug-likeness (QED) is 0.719. The molecule has 0 saturated carbocycles. The highest BCUT2D eigenvalue weighted by molar-refractivity contribution is 7.19. The van der Waals surface area contributed by atoms with E-state index in [1.54, 1.807) is 7.11 Å². The van der Waals surface area contributed by atoms with Crippen molar-refractivity contribution in [1.29, 1.82) is 0 Å². The van der Waals surface area contributed by atoms with E-state index in [9.17, 15) is 4.79 Å². The minimum atomic E-state index is -0.139. The van der Waals surface area contributed by atoms with Gasteiger partial charge >= 0.3 is 0 Å². The monoisotopic (exact) mass is 285 g/mol. The van der Waals surface area contributed by atoms with Crippen LogP contribution in [0.2, 0.25) is 0 Å². The summed E-state index contributed by atoms with van der Waals surface area (Å²) in [6, 6.07) is 0. The maximum Gasteiger partial charge on any atom is 0.263 e. The largest absolute Gasteiger partial charge is 0.492 e. The topological polar surface area (TPSA) is 76.4 Å². The molecule has 0 aliphatic rings. The number of carbonyl (C=O) groups excluding carboxylic acids is 1. The average molecular weight is 285 g/mol. The lowest BCUT2D eigenvalue weighted by molar-refractivity contribution is 0.0958. The van der Waals surface area contributed by atoms with E-state index in [1.807, 2.05) is 6.92 Å². The van der Waals surface area contributed by atoms with Crippen LogP contribution in [0.4, 0.5) is 10.7 Å². The van der Waals surface area contributed by atoms with E-state index in [-0.39, 0.29) is 5.91 Å². The summed E-state index contributed by atoms with van der Waals surface area (Å²) in [7, 11) is 1.56. The van der Waals surface area contributed by atoms with Crippen molar-refractivity contribution in [2.75, 3.05) is 31.2 Å². The number of nitrogens with two attached hydrogens (primary N) is 1. The summed E-state index contributed by atoms with van der Waals surface area (Å²) in [5.74, 6) is 0.929. The maximum atomic E-state index is 12.0. The van der Waals surface area contributed by atoms with Crippen LogP contribution >= 0.6 is 11.3 Å². The van der Waals surface area contributed by atoms with Gasteiger partial charge in [0.2, 0.25) is 0 Å². The van der Waals surface area contributed by atoms with Crippen molar-refractivity contribution in [3.05, 3.63) is 4.88 Å². The highest BCUT2D eigenvalue weighted by Crippen LogP contribution is 2.42. The zero-order chi connectivity index (χ0) is 14.4. The standard InChI is InChI=1S/C13H23N3O2S/c1-5-6-15-12(17)11-9(14)10(18-4)13(19-11)16-7-8(2)3/h8,16H,5-7,14H2,1-4H3,(H,15,17). The average Bonchev–Trinajstić information content (AvgIpc) is 2.69. The number of ether oxygens (including phenoxy) is 1. The van der Waals surface area contributed by atoms with Crippen LogP contribution < -0.4 is 21.1 Å². The molecule has 0 atom stereocenters. The number of nitrogen functional groups attached to an aromatic ring is 1. The lowest BCUT2D eigenvalue weighted by atomic mass is 10.2. The highest BCUT2D eigenvalue weighted by Gasteiger charge is 2.21. The molecule has 1 aromatic heterocycles. The van der Waals surface area contributed by atoms with E-state index in [0.29, 0.717) is 28.8 Å². The molecule has 108 valence electrons. The minimum Gasteiger partial charge on any atom is -0.492 e. The van der Waals surface area contributed by atoms with Crippen molar-refractivity contribution < 1.29 is 9.53 Å². The molecule has 0 spiro atoms. The molecular formula is C13H23N3O2S. The van der Waals surface area contributed by atoms with E-state index < -0.39 is 0 Å². The number of anilines is 2. The van der Waals surface area contributed by atoms with Gasteiger partial charge in [-0.25, -0.2) is 0 Å². The molecule has 0 saturated heterocycles. The van der Waals surface area contributed by atoms with Crippen molar-refractivity contribution >= 4 is 27.9 Å². The molecule has 1 heterocycles. The number of rotatable bonds is 7. The highest BCUT2D eigenvalue weighted by atomic mass is 32.1. The lowest BCUT2D eigenvalue weighted by Crippen LogP contribution is -2.23. The van der Waals surface area contributed by atoms with E-state index in [4.69, 9.17) is 10.5 Å². The van der Waals surface area contributed by atoms with Gasteiger partial charge < -0.3 is 21.1 Å². The summed E-state index contributed by atoms with van der Waals surface area (Å²) in [6.45, 7) is 7.70. The third-order valence-corrected chi connectivity index (χ3v) is 3.66. The van der Waals surface area contributed by atoms with Gasteiger partial charge in [0.25, 0.3) is 5.91 Å². The maximum absolute atomic E-state index is 12.0. The zero-order valence-electron chi connectivity index (χ0n) is 12.0. The Morgan fingerprint density at radius 3 is 2.68 bits per heavy atom. The normalized spacial score (nSPS) is 10.6. The number of nitrogens with one attached hydrogen (secondary N) is 2. The Kier molecular flexibility index (Phi) is 5.95. The first-order valence-corrected chi connectivity index (χ1v) is 7.31. The van der Waals surface area contributed by atoms with Gasteiger partial charge in [-0.15, -0.1) is 11.3 Å². The zero-order valence-corrected chi connectivity index (χ0v) is 12.8. The molecule has 1 aromatic rings. The molecule has 0 unspecified atom stereocenters. The van der Waals surface area contributed by atoms with E-state index in [1.165, 1.54) is 11.3 Å². The Balaban J connectivity index is 2.91. The van der Waals surface area contributed by atoms with Crippen LogP contribution in [0.1, 0.15) is 36.9 Å². The molecule has 0 bridgehead atoms. The van der Waals surface area contributed by atoms with Crippen LogP contribution in [0.5, 0.6) is 5.75 Å². The molecule has 1 amide bonds. The molecule has 5 nitrogen and oxygen atoms in total. The molecule has 0 radical (unpaired) electrons. The molecule has 19 heavy (non-hydrogen) atoms. The van der Waals surface area contributed by atoms with Gasteiger partial charge in [-0.1, -0.05) is 20.8 Å². The molecular weight excluding hydrogens is 262 g/mol. The fourth-order valence-electron chi connectivity index (χ4n) is 1.53. The lowest BCUT2D eigenvalue weighted by Gasteiger charge is -2.08. The predicted molar refractivity (Wildman–Crippen MR) is 81.2 cm³/mol. The first-order valence-electron chi connectivity index (χ1n) is 6.49. The Morgan fingerprint density at radius 1 is 1.47 bits per heavy atom. The van der Waals surface area contributed by atoms with Gasteiger partial charge in [-0.05, 0) is 12.3 Å². The van der Waals surface area contributed by atoms with Crippen LogP contribution in [0.3, 0.4) is 0 Å². The Hall–Kier alpha value is -1.43. The number of hydrogen-bond donors (Lipinski definition) is 3. The van der Waals surface area contributed by atoms with E-state index >= 15 is 0 Å². The van der Waals surface area contributed by atoms with Gasteiger partial charge in [0.1, 0.15) is 15.6 Å². The second kappa shape index (κ2) is 7.23. The van der Waals surface area contributed by atoms with E-state index in [0.717, 1.165) is 18.0 Å². The second-order valence-corrected chi connectivity index (χ2v) is 5.76. The van der Waals surface area contributed by atoms with Crippen molar-refractivity contribution in [2.45, 2.75) is 27.2 Å². The number of thiophene rings is 1. The number of carbonyl (C=O) groups is 1. The SMILES string of the molecule is CCCNC(=O)c1sc(NCC(C)C)c(OC)c1N. The fraction of sp³-hybridized carbons (Fsp3) is 0.615. The van der Waals surface area contributed by atoms with Crippen LogP contribution in [0.25, 0.3) is 0 Å². The predicted octanol–water partition coefficient (Wildman–Crippen LogP) is 2.55. The van der Waals surface area contributed by atoms with Gasteiger partial charge in [-0.3, -0.25) is 4.79 Å². The van der Waals surface area contributed by atoms with Gasteiger partial charge in [0.05, 0.1) is 7.11 Å². The molecule has 0 aliphatic heterocycles. The van der Waals surface area contributed by atoms with Crippen LogP contribution in [-0.2, 0) is 0 Å². The Morgan fingerprint density at radius 2 is 2.16 bits per heavy atom. The third-order valence-electron chi connectivity index (χ3n) is 2.52. The third kappa shape index (κ3) is 4.02. The Labute approximate surface area is 118 Å². The fourth-order valence-corrected chi connectivity index (χ4v) is 2.55. The molecule has 0 aliphatic carbocycles. The first-order chi connectivity index (χ1) is 9.01. The molecule has 0 aromatic carbocycles. The van der Waals surface area contributed by atoms with E-state index in [2.05, 4.69) is 24.5 Å². The van der Waals surface area contributed by atoms with Crippen molar-refractivity contribution in [3.63, 3.8) is 0 Å². The van der Waals surface area contributed by atoms with Gasteiger partial charge in [-0.2, -0.15) is 0 Å².